The molecule has 0 aliphatic rings. The van der Waals surface area contributed by atoms with E-state index in [1.54, 1.807) is 25.5 Å². The van der Waals surface area contributed by atoms with E-state index < -0.39 is 0 Å². The fourth-order valence-corrected chi connectivity index (χ4v) is 3.61. The van der Waals surface area contributed by atoms with Gasteiger partial charge < -0.3 is 19.2 Å². The zero-order valence-corrected chi connectivity index (χ0v) is 18.9. The van der Waals surface area contributed by atoms with Crippen LogP contribution in [0.3, 0.4) is 0 Å². The average Bonchev–Trinajstić information content (AvgIpc) is 3.15. The summed E-state index contributed by atoms with van der Waals surface area (Å²) in [5, 5.41) is 4.49. The number of methoxy groups -OCH3 is 1. The van der Waals surface area contributed by atoms with Gasteiger partial charge in [-0.3, -0.25) is 0 Å². The van der Waals surface area contributed by atoms with Crippen LogP contribution in [0.4, 0.5) is 0 Å². The number of nitrogens with one attached hydrogen (secondary N) is 1. The number of rotatable bonds is 8. The minimum atomic E-state index is 0. The van der Waals surface area contributed by atoms with Gasteiger partial charge in [-0.1, -0.05) is 29.3 Å². The van der Waals surface area contributed by atoms with Crippen molar-refractivity contribution in [2.75, 3.05) is 7.11 Å². The molecule has 0 spiro atoms. The van der Waals surface area contributed by atoms with E-state index in [0.29, 0.717) is 41.2 Å². The van der Waals surface area contributed by atoms with Gasteiger partial charge in [0.25, 0.3) is 0 Å². The van der Waals surface area contributed by atoms with Crippen LogP contribution >= 0.6 is 51.5 Å². The minimum Gasteiger partial charge on any atom is -0.493 e. The first kappa shape index (κ1) is 22.9. The van der Waals surface area contributed by atoms with Crippen molar-refractivity contribution in [2.45, 2.75) is 19.7 Å². The van der Waals surface area contributed by atoms with E-state index in [1.807, 2.05) is 30.3 Å². The SMILES string of the molecule is COc1cc(CNCc2ccco2)cc(Br)c1OCc1ccc(Cl)cc1Cl.Cl. The summed E-state index contributed by atoms with van der Waals surface area (Å²) in [7, 11) is 1.62. The maximum atomic E-state index is 6.21. The van der Waals surface area contributed by atoms with E-state index in [-0.39, 0.29) is 12.4 Å². The van der Waals surface area contributed by atoms with Gasteiger partial charge in [0.1, 0.15) is 12.4 Å². The third-order valence-corrected chi connectivity index (χ3v) is 5.06. The van der Waals surface area contributed by atoms with Gasteiger partial charge >= 0.3 is 0 Å². The predicted octanol–water partition coefficient (Wildman–Crippen LogP) is 6.65. The van der Waals surface area contributed by atoms with Crippen LogP contribution in [0, 0.1) is 0 Å². The maximum Gasteiger partial charge on any atom is 0.175 e. The van der Waals surface area contributed by atoms with Crippen molar-refractivity contribution in [3.63, 3.8) is 0 Å². The maximum absolute atomic E-state index is 6.21. The van der Waals surface area contributed by atoms with Crippen molar-refractivity contribution in [1.82, 2.24) is 5.32 Å². The average molecular weight is 508 g/mol. The van der Waals surface area contributed by atoms with Gasteiger partial charge in [-0.2, -0.15) is 0 Å². The van der Waals surface area contributed by atoms with Crippen LogP contribution in [0.25, 0.3) is 0 Å². The molecule has 1 heterocycles. The largest absolute Gasteiger partial charge is 0.493 e. The summed E-state index contributed by atoms with van der Waals surface area (Å²) in [5.74, 6) is 2.16. The first-order valence-electron chi connectivity index (χ1n) is 8.23. The molecular formula is C20H19BrCl3NO3. The van der Waals surface area contributed by atoms with E-state index in [2.05, 4.69) is 21.2 Å². The molecule has 0 aliphatic heterocycles. The van der Waals surface area contributed by atoms with Gasteiger partial charge in [0, 0.05) is 22.2 Å². The molecule has 28 heavy (non-hydrogen) atoms. The van der Waals surface area contributed by atoms with Gasteiger partial charge in [0.05, 0.1) is 24.4 Å². The fourth-order valence-electron chi connectivity index (χ4n) is 2.55. The van der Waals surface area contributed by atoms with Crippen LogP contribution < -0.4 is 14.8 Å². The smallest absolute Gasteiger partial charge is 0.175 e. The monoisotopic (exact) mass is 505 g/mol. The lowest BCUT2D eigenvalue weighted by Crippen LogP contribution is -2.12. The third-order valence-electron chi connectivity index (χ3n) is 3.88. The van der Waals surface area contributed by atoms with Crippen LogP contribution in [-0.4, -0.2) is 7.11 Å². The summed E-state index contributed by atoms with van der Waals surface area (Å²) < 4.78 is 17.6. The van der Waals surface area contributed by atoms with E-state index in [1.165, 1.54) is 0 Å². The Bertz CT molecular complexity index is 904. The fraction of sp³-hybridized carbons (Fsp3) is 0.200. The molecule has 0 saturated carbocycles. The third kappa shape index (κ3) is 6.06. The highest BCUT2D eigenvalue weighted by Gasteiger charge is 2.13. The second kappa shape index (κ2) is 11.0. The van der Waals surface area contributed by atoms with Crippen molar-refractivity contribution in [1.29, 1.82) is 0 Å². The van der Waals surface area contributed by atoms with E-state index >= 15 is 0 Å². The number of hydrogen-bond donors (Lipinski definition) is 1. The zero-order valence-electron chi connectivity index (χ0n) is 15.0. The molecule has 0 bridgehead atoms. The lowest BCUT2D eigenvalue weighted by atomic mass is 10.2. The molecular weight excluding hydrogens is 488 g/mol. The Hall–Kier alpha value is -1.37. The number of benzene rings is 2. The molecule has 4 nitrogen and oxygen atoms in total. The molecule has 0 unspecified atom stereocenters. The van der Waals surface area contributed by atoms with Crippen LogP contribution in [-0.2, 0) is 19.7 Å². The Morgan fingerprint density at radius 2 is 1.93 bits per heavy atom. The summed E-state index contributed by atoms with van der Waals surface area (Å²) in [4.78, 5) is 0. The Labute approximate surface area is 188 Å². The van der Waals surface area contributed by atoms with E-state index in [9.17, 15) is 0 Å². The number of hydrogen-bond acceptors (Lipinski definition) is 4. The van der Waals surface area contributed by atoms with Crippen molar-refractivity contribution < 1.29 is 13.9 Å². The highest BCUT2D eigenvalue weighted by Crippen LogP contribution is 2.37. The van der Waals surface area contributed by atoms with Crippen molar-refractivity contribution in [3.8, 4) is 11.5 Å². The van der Waals surface area contributed by atoms with Crippen molar-refractivity contribution in [2.24, 2.45) is 0 Å². The van der Waals surface area contributed by atoms with Crippen molar-refractivity contribution in [3.05, 3.63) is 80.1 Å². The lowest BCUT2D eigenvalue weighted by molar-refractivity contribution is 0.282. The molecule has 3 aromatic rings. The highest BCUT2D eigenvalue weighted by atomic mass is 79.9. The minimum absolute atomic E-state index is 0. The normalized spacial score (nSPS) is 10.4. The first-order chi connectivity index (χ1) is 13.1. The van der Waals surface area contributed by atoms with Gasteiger partial charge in [0.15, 0.2) is 11.5 Å². The molecule has 150 valence electrons. The summed E-state index contributed by atoms with van der Waals surface area (Å²) in [6.45, 7) is 1.63. The Morgan fingerprint density at radius 3 is 2.61 bits per heavy atom. The van der Waals surface area contributed by atoms with Gasteiger partial charge in [-0.25, -0.2) is 0 Å². The molecule has 2 aromatic carbocycles. The van der Waals surface area contributed by atoms with E-state index in [0.717, 1.165) is 21.4 Å². The molecule has 8 heteroatoms. The van der Waals surface area contributed by atoms with Crippen LogP contribution in [0.1, 0.15) is 16.9 Å². The summed E-state index contributed by atoms with van der Waals surface area (Å²) in [5.41, 5.74) is 1.90. The standard InChI is InChI=1S/C20H18BrCl2NO3.ClH/c1-25-19-8-13(10-24-11-16-3-2-6-26-16)7-17(21)20(19)27-12-14-4-5-15(22)9-18(14)23;/h2-9,24H,10-12H2,1H3;1H. The molecule has 0 saturated heterocycles. The summed E-state index contributed by atoms with van der Waals surface area (Å²) in [6.07, 6.45) is 1.66. The topological polar surface area (TPSA) is 43.6 Å². The van der Waals surface area contributed by atoms with Gasteiger partial charge in [-0.05, 0) is 57.9 Å². The summed E-state index contributed by atoms with van der Waals surface area (Å²) >= 11 is 15.7. The first-order valence-corrected chi connectivity index (χ1v) is 9.78. The number of halogens is 4. The molecule has 0 fully saturated rings. The lowest BCUT2D eigenvalue weighted by Gasteiger charge is -2.15. The number of furan rings is 1. The van der Waals surface area contributed by atoms with Crippen LogP contribution in [0.2, 0.25) is 10.0 Å². The quantitative estimate of drug-likeness (QED) is 0.371. The zero-order chi connectivity index (χ0) is 19.2. The number of ether oxygens (including phenoxy) is 2. The van der Waals surface area contributed by atoms with Gasteiger partial charge in [0.2, 0.25) is 0 Å². The summed E-state index contributed by atoms with van der Waals surface area (Å²) in [6, 6.07) is 13.1. The van der Waals surface area contributed by atoms with Gasteiger partial charge in [-0.15, -0.1) is 12.4 Å². The highest BCUT2D eigenvalue weighted by molar-refractivity contribution is 9.10. The second-order valence-electron chi connectivity index (χ2n) is 5.82. The predicted molar refractivity (Wildman–Crippen MR) is 118 cm³/mol. The van der Waals surface area contributed by atoms with Crippen LogP contribution in [0.15, 0.2) is 57.6 Å². The molecule has 0 atom stereocenters. The Kier molecular flexibility index (Phi) is 8.99. The molecule has 0 amide bonds. The molecule has 1 N–H and O–H groups in total. The molecule has 0 aliphatic carbocycles. The Morgan fingerprint density at radius 1 is 1.11 bits per heavy atom. The van der Waals surface area contributed by atoms with E-state index in [4.69, 9.17) is 37.1 Å². The molecule has 3 rings (SSSR count). The second-order valence-corrected chi connectivity index (χ2v) is 7.51. The van der Waals surface area contributed by atoms with Crippen LogP contribution in [0.5, 0.6) is 11.5 Å². The molecule has 1 aromatic heterocycles. The Balaban J connectivity index is 0.00000280. The van der Waals surface area contributed by atoms with Crippen molar-refractivity contribution >= 4 is 51.5 Å². The molecule has 0 radical (unpaired) electrons.